The summed E-state index contributed by atoms with van der Waals surface area (Å²) in [5.74, 6) is -0.196. The van der Waals surface area contributed by atoms with Crippen LogP contribution in [-0.2, 0) is 6.42 Å². The number of benzene rings is 1. The first-order valence-electron chi connectivity index (χ1n) is 9.44. The number of rotatable bonds is 4. The normalized spacial score (nSPS) is 18.4. The van der Waals surface area contributed by atoms with Gasteiger partial charge in [-0.15, -0.1) is 0 Å². The van der Waals surface area contributed by atoms with Gasteiger partial charge < -0.3 is 15.1 Å². The monoisotopic (exact) mass is 560 g/mol. The average molecular weight is 562 g/mol. The maximum Gasteiger partial charge on any atom is 0.410 e. The number of furan rings is 1. The van der Waals surface area contributed by atoms with E-state index in [9.17, 15) is 18.0 Å². The van der Waals surface area contributed by atoms with E-state index in [0.717, 1.165) is 16.7 Å². The minimum atomic E-state index is -4.56. The van der Waals surface area contributed by atoms with E-state index in [1.54, 1.807) is 24.3 Å². The fourth-order valence-corrected chi connectivity index (χ4v) is 4.33. The van der Waals surface area contributed by atoms with Gasteiger partial charge in [-0.1, -0.05) is 19.1 Å². The van der Waals surface area contributed by atoms with Gasteiger partial charge in [0.15, 0.2) is 16.4 Å². The molecule has 11 heteroatoms. The molecule has 1 aromatic carbocycles. The Kier molecular flexibility index (Phi) is 5.91. The maximum absolute atomic E-state index is 13.8. The molecule has 164 valence electrons. The van der Waals surface area contributed by atoms with Crippen molar-refractivity contribution in [3.05, 3.63) is 62.6 Å². The van der Waals surface area contributed by atoms with Crippen LogP contribution >= 0.6 is 31.9 Å². The van der Waals surface area contributed by atoms with Crippen molar-refractivity contribution in [3.8, 4) is 0 Å². The minimum absolute atomic E-state index is 0.0672. The van der Waals surface area contributed by atoms with Crippen LogP contribution in [0.5, 0.6) is 0 Å². The van der Waals surface area contributed by atoms with E-state index in [2.05, 4.69) is 47.6 Å². The highest BCUT2D eigenvalue weighted by Gasteiger charge is 2.48. The molecule has 0 fully saturated rings. The Bertz CT molecular complexity index is 1110. The van der Waals surface area contributed by atoms with Crippen molar-refractivity contribution in [1.29, 1.82) is 0 Å². The number of carbonyl (C=O) groups is 1. The van der Waals surface area contributed by atoms with E-state index in [4.69, 9.17) is 4.42 Å². The summed E-state index contributed by atoms with van der Waals surface area (Å²) in [5.41, 5.74) is 1.49. The summed E-state index contributed by atoms with van der Waals surface area (Å²) in [6.45, 7) is 2.01. The molecule has 6 nitrogen and oxygen atoms in total. The predicted octanol–water partition coefficient (Wildman–Crippen LogP) is 6.48. The Labute approximate surface area is 192 Å². The average Bonchev–Trinajstić information content (AvgIpc) is 3.31. The molecule has 1 amide bonds. The predicted molar refractivity (Wildman–Crippen MR) is 116 cm³/mol. The molecule has 0 radical (unpaired) electrons. The number of hydrogen-bond acceptors (Lipinski definition) is 4. The fraction of sp³-hybridized carbons (Fsp3) is 0.300. The molecule has 2 unspecified atom stereocenters. The Morgan fingerprint density at radius 3 is 2.55 bits per heavy atom. The molecule has 1 aliphatic heterocycles. The molecule has 1 aliphatic rings. The van der Waals surface area contributed by atoms with Gasteiger partial charge in [-0.05, 0) is 68.1 Å². The summed E-state index contributed by atoms with van der Waals surface area (Å²) in [6.07, 6.45) is -4.04. The fourth-order valence-electron chi connectivity index (χ4n) is 3.45. The first-order chi connectivity index (χ1) is 14.7. The molecular formula is C20H17Br2F3N4O2. The van der Waals surface area contributed by atoms with Crippen molar-refractivity contribution in [2.24, 2.45) is 0 Å². The van der Waals surface area contributed by atoms with Crippen molar-refractivity contribution in [2.75, 3.05) is 10.6 Å². The smallest absolute Gasteiger partial charge is 0.410 e. The second-order valence-electron chi connectivity index (χ2n) is 7.09. The third-order valence-electron chi connectivity index (χ3n) is 5.07. The number of nitrogens with one attached hydrogen (secondary N) is 2. The van der Waals surface area contributed by atoms with E-state index in [1.165, 1.54) is 0 Å². The molecule has 3 heterocycles. The molecule has 0 aliphatic carbocycles. The number of amides is 1. The van der Waals surface area contributed by atoms with Gasteiger partial charge in [0.2, 0.25) is 0 Å². The number of hydrogen-bond donors (Lipinski definition) is 2. The topological polar surface area (TPSA) is 72.1 Å². The van der Waals surface area contributed by atoms with Crippen LogP contribution in [0, 0.1) is 0 Å². The summed E-state index contributed by atoms with van der Waals surface area (Å²) >= 11 is 6.43. The molecule has 2 atom stereocenters. The van der Waals surface area contributed by atoms with Crippen molar-refractivity contribution in [2.45, 2.75) is 38.0 Å². The highest BCUT2D eigenvalue weighted by atomic mass is 79.9. The molecule has 2 N–H and O–H groups in total. The Morgan fingerprint density at radius 1 is 1.26 bits per heavy atom. The van der Waals surface area contributed by atoms with Crippen LogP contribution in [0.2, 0.25) is 0 Å². The van der Waals surface area contributed by atoms with E-state index in [0.29, 0.717) is 16.1 Å². The molecule has 3 aromatic rings. The zero-order valence-electron chi connectivity index (χ0n) is 16.1. The van der Waals surface area contributed by atoms with Gasteiger partial charge in [0.1, 0.15) is 11.6 Å². The summed E-state index contributed by atoms with van der Waals surface area (Å²) < 4.78 is 48.3. The van der Waals surface area contributed by atoms with Gasteiger partial charge in [-0.3, -0.25) is 4.79 Å². The zero-order valence-corrected chi connectivity index (χ0v) is 19.3. The molecule has 4 rings (SSSR count). The lowest BCUT2D eigenvalue weighted by atomic mass is 10.0. The van der Waals surface area contributed by atoms with E-state index < -0.39 is 24.2 Å². The Morgan fingerprint density at radius 2 is 1.97 bits per heavy atom. The molecule has 0 saturated carbocycles. The van der Waals surface area contributed by atoms with Crippen LogP contribution in [0.15, 0.2) is 50.0 Å². The Balaban J connectivity index is 1.66. The Hall–Kier alpha value is -2.27. The highest BCUT2D eigenvalue weighted by Crippen LogP contribution is 2.46. The summed E-state index contributed by atoms with van der Waals surface area (Å²) in [7, 11) is 0. The van der Waals surface area contributed by atoms with Gasteiger partial charge in [0.05, 0.1) is 10.5 Å². The molecule has 31 heavy (non-hydrogen) atoms. The third-order valence-corrected chi connectivity index (χ3v) is 6.25. The molecular weight excluding hydrogens is 545 g/mol. The summed E-state index contributed by atoms with van der Waals surface area (Å²) in [5, 5.41) is 9.69. The summed E-state index contributed by atoms with van der Waals surface area (Å²) in [4.78, 5) is 12.8. The number of halogens is 5. The number of alkyl halides is 3. The third kappa shape index (κ3) is 4.38. The summed E-state index contributed by atoms with van der Waals surface area (Å²) in [6, 6.07) is 7.78. The number of fused-ring (bicyclic) bond motifs is 1. The molecule has 0 saturated heterocycles. The SMILES string of the molecule is CCc1ccc(NC(=O)c2nn3c(c2Br)NC(c2ccc(Br)o2)CC3C(F)(F)F)cc1. The second kappa shape index (κ2) is 8.34. The van der Waals surface area contributed by atoms with Crippen LogP contribution in [-0.4, -0.2) is 21.9 Å². The van der Waals surface area contributed by atoms with Crippen molar-refractivity contribution in [1.82, 2.24) is 9.78 Å². The van der Waals surface area contributed by atoms with Crippen LogP contribution in [0.4, 0.5) is 24.7 Å². The quantitative estimate of drug-likeness (QED) is 0.382. The standard InChI is InChI=1S/C20H17Br2F3N4O2/c1-2-10-3-5-11(6-4-10)26-19(30)17-16(22)18-27-12(13-7-8-15(21)31-13)9-14(20(23,24)25)29(18)28-17/h3-8,12,14,27H,2,9H2,1H3,(H,26,30). The lowest BCUT2D eigenvalue weighted by Crippen LogP contribution is -2.35. The van der Waals surface area contributed by atoms with Gasteiger partial charge in [-0.2, -0.15) is 18.3 Å². The number of nitrogens with zero attached hydrogens (tertiary/aromatic N) is 2. The lowest BCUT2D eigenvalue weighted by Gasteiger charge is -2.32. The van der Waals surface area contributed by atoms with Crippen LogP contribution in [0.3, 0.4) is 0 Å². The van der Waals surface area contributed by atoms with Crippen molar-refractivity contribution in [3.63, 3.8) is 0 Å². The van der Waals surface area contributed by atoms with E-state index in [1.807, 2.05) is 19.1 Å². The first-order valence-corrected chi connectivity index (χ1v) is 11.0. The maximum atomic E-state index is 13.8. The van der Waals surface area contributed by atoms with E-state index in [-0.39, 0.29) is 22.4 Å². The second-order valence-corrected chi connectivity index (χ2v) is 8.67. The number of aryl methyl sites for hydroxylation is 1. The lowest BCUT2D eigenvalue weighted by molar-refractivity contribution is -0.174. The highest BCUT2D eigenvalue weighted by molar-refractivity contribution is 9.10. The molecule has 2 aromatic heterocycles. The number of anilines is 2. The van der Waals surface area contributed by atoms with Crippen LogP contribution in [0.25, 0.3) is 0 Å². The van der Waals surface area contributed by atoms with Crippen LogP contribution in [0.1, 0.15) is 47.2 Å². The van der Waals surface area contributed by atoms with E-state index >= 15 is 0 Å². The van der Waals surface area contributed by atoms with Crippen LogP contribution < -0.4 is 10.6 Å². The zero-order chi connectivity index (χ0) is 22.3. The number of aromatic nitrogens is 2. The van der Waals surface area contributed by atoms with Gasteiger partial charge in [-0.25, -0.2) is 4.68 Å². The molecule has 0 bridgehead atoms. The first kappa shape index (κ1) is 21.9. The number of carbonyl (C=O) groups excluding carboxylic acids is 1. The largest absolute Gasteiger partial charge is 0.452 e. The van der Waals surface area contributed by atoms with Gasteiger partial charge in [0, 0.05) is 12.1 Å². The van der Waals surface area contributed by atoms with Gasteiger partial charge >= 0.3 is 6.18 Å². The molecule has 0 spiro atoms. The minimum Gasteiger partial charge on any atom is -0.452 e. The van der Waals surface area contributed by atoms with Crippen molar-refractivity contribution >= 4 is 49.3 Å². The van der Waals surface area contributed by atoms with Crippen molar-refractivity contribution < 1.29 is 22.4 Å². The van der Waals surface area contributed by atoms with Gasteiger partial charge in [0.25, 0.3) is 5.91 Å².